The number of hydrogen-bond acceptors (Lipinski definition) is 6. The molecule has 10 nitrogen and oxygen atoms in total. The molecule has 0 unspecified atom stereocenters. The summed E-state index contributed by atoms with van der Waals surface area (Å²) in [5, 5.41) is 7.31. The molecule has 1 aromatic carbocycles. The maximum Gasteiger partial charge on any atom is 0.325 e. The van der Waals surface area contributed by atoms with Crippen LogP contribution in [0.1, 0.15) is 33.3 Å². The second-order valence-corrected chi connectivity index (χ2v) is 8.27. The van der Waals surface area contributed by atoms with Gasteiger partial charge in [0.05, 0.1) is 0 Å². The van der Waals surface area contributed by atoms with E-state index in [-0.39, 0.29) is 13.2 Å². The van der Waals surface area contributed by atoms with E-state index in [1.807, 2.05) is 0 Å². The maximum absolute atomic E-state index is 12.8. The average molecular weight is 404 g/mol. The topological polar surface area (TPSA) is 126 Å². The van der Waals surface area contributed by atoms with Gasteiger partial charge in [-0.05, 0) is 45.4 Å². The quantitative estimate of drug-likeness (QED) is 0.640. The molecule has 3 N–H and O–H groups in total. The largest absolute Gasteiger partial charge is 0.454 e. The molecule has 2 aliphatic rings. The molecule has 0 saturated carbocycles. The Morgan fingerprint density at radius 2 is 1.90 bits per heavy atom. The summed E-state index contributed by atoms with van der Waals surface area (Å²) in [6, 6.07) is 3.88. The third kappa shape index (κ3) is 4.58. The Morgan fingerprint density at radius 3 is 2.59 bits per heavy atom. The highest BCUT2D eigenvalue weighted by Gasteiger charge is 2.48. The van der Waals surface area contributed by atoms with Crippen molar-refractivity contribution in [1.29, 1.82) is 0 Å². The lowest BCUT2D eigenvalue weighted by Gasteiger charge is -2.22. The first-order valence-electron chi connectivity index (χ1n) is 9.11. The number of rotatable bonds is 4. The number of imide groups is 2. The van der Waals surface area contributed by atoms with Crippen LogP contribution in [-0.4, -0.2) is 53.2 Å². The Morgan fingerprint density at radius 1 is 1.21 bits per heavy atom. The van der Waals surface area contributed by atoms with Crippen molar-refractivity contribution in [2.75, 3.05) is 13.3 Å². The van der Waals surface area contributed by atoms with Gasteiger partial charge in [0.1, 0.15) is 12.1 Å². The first-order chi connectivity index (χ1) is 13.5. The molecular weight excluding hydrogens is 380 g/mol. The average Bonchev–Trinajstić information content (AvgIpc) is 3.11. The molecule has 10 heteroatoms. The van der Waals surface area contributed by atoms with E-state index in [0.29, 0.717) is 11.5 Å². The van der Waals surface area contributed by atoms with E-state index in [1.165, 1.54) is 0 Å². The number of ether oxygens (including phenoxy) is 2. The molecule has 1 saturated heterocycles. The fourth-order valence-electron chi connectivity index (χ4n) is 3.15. The number of hydrogen-bond donors (Lipinski definition) is 3. The van der Waals surface area contributed by atoms with E-state index in [4.69, 9.17) is 9.47 Å². The summed E-state index contributed by atoms with van der Waals surface area (Å²) >= 11 is 0. The zero-order valence-electron chi connectivity index (χ0n) is 16.8. The van der Waals surface area contributed by atoms with Crippen molar-refractivity contribution in [1.82, 2.24) is 20.9 Å². The van der Waals surface area contributed by atoms with Crippen LogP contribution in [0, 0.1) is 0 Å². The molecule has 2 aliphatic heterocycles. The molecule has 0 radical (unpaired) electrons. The lowest BCUT2D eigenvalue weighted by atomic mass is 9.92. The van der Waals surface area contributed by atoms with Crippen LogP contribution in [0.2, 0.25) is 0 Å². The SMILES string of the molecule is CC(C)(C)NC(=O)NC(=O)CN1C(=O)N[C@@](C)(Cc2ccc3c(c2)OCO3)C1=O. The van der Waals surface area contributed by atoms with Crippen molar-refractivity contribution in [2.24, 2.45) is 0 Å². The van der Waals surface area contributed by atoms with Crippen LogP contribution >= 0.6 is 0 Å². The molecule has 6 amide bonds. The Labute approximate surface area is 167 Å². The van der Waals surface area contributed by atoms with Crippen molar-refractivity contribution in [3.63, 3.8) is 0 Å². The van der Waals surface area contributed by atoms with Gasteiger partial charge in [0.25, 0.3) is 5.91 Å². The Balaban J connectivity index is 1.64. The van der Waals surface area contributed by atoms with Crippen LogP contribution < -0.4 is 25.4 Å². The standard InChI is InChI=1S/C19H24N4O6/c1-18(2,3)21-16(26)20-14(24)9-23-15(25)19(4,22-17(23)27)8-11-5-6-12-13(7-11)29-10-28-12/h5-7H,8-10H2,1-4H3,(H,22,27)(H2,20,21,24,26)/t19-/m0/s1. The van der Waals surface area contributed by atoms with Crippen LogP contribution in [-0.2, 0) is 16.0 Å². The highest BCUT2D eigenvalue weighted by Crippen LogP contribution is 2.34. The Kier molecular flexibility index (Phi) is 5.12. The van der Waals surface area contributed by atoms with Crippen molar-refractivity contribution >= 4 is 23.9 Å². The van der Waals surface area contributed by atoms with Crippen LogP contribution in [0.3, 0.4) is 0 Å². The van der Waals surface area contributed by atoms with E-state index in [2.05, 4.69) is 16.0 Å². The minimum absolute atomic E-state index is 0.136. The van der Waals surface area contributed by atoms with E-state index in [9.17, 15) is 19.2 Å². The molecule has 0 spiro atoms. The zero-order valence-corrected chi connectivity index (χ0v) is 16.8. The molecule has 29 heavy (non-hydrogen) atoms. The highest BCUT2D eigenvalue weighted by atomic mass is 16.7. The van der Waals surface area contributed by atoms with Gasteiger partial charge in [-0.3, -0.25) is 19.8 Å². The molecule has 1 atom stereocenters. The normalized spacial score (nSPS) is 20.5. The minimum Gasteiger partial charge on any atom is -0.454 e. The molecule has 0 aliphatic carbocycles. The molecule has 0 bridgehead atoms. The van der Waals surface area contributed by atoms with Gasteiger partial charge in [-0.1, -0.05) is 6.07 Å². The van der Waals surface area contributed by atoms with Gasteiger partial charge in [0.2, 0.25) is 12.7 Å². The van der Waals surface area contributed by atoms with E-state index >= 15 is 0 Å². The van der Waals surface area contributed by atoms with Gasteiger partial charge in [-0.25, -0.2) is 9.59 Å². The van der Waals surface area contributed by atoms with Crippen LogP contribution in [0.4, 0.5) is 9.59 Å². The number of fused-ring (bicyclic) bond motifs is 1. The first-order valence-corrected chi connectivity index (χ1v) is 9.11. The summed E-state index contributed by atoms with van der Waals surface area (Å²) in [5.74, 6) is -0.120. The summed E-state index contributed by atoms with van der Waals surface area (Å²) < 4.78 is 10.6. The third-order valence-electron chi connectivity index (χ3n) is 4.38. The number of nitrogens with zero attached hydrogens (tertiary/aromatic N) is 1. The number of benzene rings is 1. The second-order valence-electron chi connectivity index (χ2n) is 8.27. The monoisotopic (exact) mass is 404 g/mol. The molecule has 1 fully saturated rings. The summed E-state index contributed by atoms with van der Waals surface area (Å²) in [6.07, 6.45) is 0.205. The summed E-state index contributed by atoms with van der Waals surface area (Å²) in [7, 11) is 0. The van der Waals surface area contributed by atoms with Crippen LogP contribution in [0.5, 0.6) is 11.5 Å². The molecule has 2 heterocycles. The van der Waals surface area contributed by atoms with Crippen molar-refractivity contribution in [3.05, 3.63) is 23.8 Å². The number of nitrogens with one attached hydrogen (secondary N) is 3. The van der Waals surface area contributed by atoms with E-state index < -0.39 is 41.5 Å². The second kappa shape index (κ2) is 7.26. The van der Waals surface area contributed by atoms with Crippen molar-refractivity contribution < 1.29 is 28.7 Å². The molecule has 1 aromatic rings. The van der Waals surface area contributed by atoms with Crippen LogP contribution in [0.15, 0.2) is 18.2 Å². The summed E-state index contributed by atoms with van der Waals surface area (Å²) in [4.78, 5) is 49.8. The maximum atomic E-state index is 12.8. The number of amides is 6. The smallest absolute Gasteiger partial charge is 0.325 e. The lowest BCUT2D eigenvalue weighted by Crippen LogP contribution is -2.51. The Hall–Kier alpha value is -3.30. The minimum atomic E-state index is -1.22. The van der Waals surface area contributed by atoms with Crippen molar-refractivity contribution in [3.8, 4) is 11.5 Å². The van der Waals surface area contributed by atoms with Crippen molar-refractivity contribution in [2.45, 2.75) is 45.2 Å². The number of carbonyl (C=O) groups is 4. The predicted molar refractivity (Wildman–Crippen MR) is 101 cm³/mol. The fourth-order valence-corrected chi connectivity index (χ4v) is 3.15. The van der Waals surface area contributed by atoms with Gasteiger partial charge < -0.3 is 20.1 Å². The van der Waals surface area contributed by atoms with Gasteiger partial charge in [0, 0.05) is 12.0 Å². The van der Waals surface area contributed by atoms with Gasteiger partial charge in [-0.2, -0.15) is 0 Å². The molecule has 0 aromatic heterocycles. The number of carbonyl (C=O) groups excluding carboxylic acids is 4. The molecular formula is C19H24N4O6. The molecule has 156 valence electrons. The van der Waals surface area contributed by atoms with Gasteiger partial charge in [-0.15, -0.1) is 0 Å². The Bertz CT molecular complexity index is 878. The van der Waals surface area contributed by atoms with Gasteiger partial charge >= 0.3 is 12.1 Å². The third-order valence-corrected chi connectivity index (χ3v) is 4.38. The zero-order chi connectivity index (χ0) is 21.4. The van der Waals surface area contributed by atoms with Crippen LogP contribution in [0.25, 0.3) is 0 Å². The fraction of sp³-hybridized carbons (Fsp3) is 0.474. The van der Waals surface area contributed by atoms with E-state index in [1.54, 1.807) is 45.9 Å². The molecule has 3 rings (SSSR count). The van der Waals surface area contributed by atoms with Gasteiger partial charge in [0.15, 0.2) is 11.5 Å². The van der Waals surface area contributed by atoms with E-state index in [0.717, 1.165) is 10.5 Å². The summed E-state index contributed by atoms with van der Waals surface area (Å²) in [6.45, 7) is 6.45. The number of urea groups is 2. The first kappa shape index (κ1) is 20.4. The summed E-state index contributed by atoms with van der Waals surface area (Å²) in [5.41, 5.74) is -0.992. The predicted octanol–water partition coefficient (Wildman–Crippen LogP) is 0.893. The highest BCUT2D eigenvalue weighted by molar-refractivity contribution is 6.09. The lowest BCUT2D eigenvalue weighted by molar-refractivity contribution is -0.134.